The van der Waals surface area contributed by atoms with E-state index < -0.39 is 0 Å². The number of benzene rings is 1. The van der Waals surface area contributed by atoms with E-state index in [0.29, 0.717) is 17.2 Å². The second-order valence-corrected chi connectivity index (χ2v) is 3.44. The van der Waals surface area contributed by atoms with Crippen LogP contribution in [0.3, 0.4) is 0 Å². The van der Waals surface area contributed by atoms with Gasteiger partial charge in [-0.05, 0) is 18.6 Å². The van der Waals surface area contributed by atoms with Crippen molar-refractivity contribution >= 4 is 0 Å². The summed E-state index contributed by atoms with van der Waals surface area (Å²) in [6.45, 7) is 2.03. The van der Waals surface area contributed by atoms with Crippen molar-refractivity contribution in [3.8, 4) is 17.2 Å². The lowest BCUT2D eigenvalue weighted by Gasteiger charge is -2.18. The van der Waals surface area contributed by atoms with E-state index in [4.69, 9.17) is 19.9 Å². The molecule has 4 heteroatoms. The first-order valence-electron chi connectivity index (χ1n) is 5.24. The molecular weight excluding hydrogens is 206 g/mol. The predicted octanol–water partition coefficient (Wildman–Crippen LogP) is 2.12. The van der Waals surface area contributed by atoms with Gasteiger partial charge in [0.2, 0.25) is 5.75 Å². The van der Waals surface area contributed by atoms with Gasteiger partial charge in [0.05, 0.1) is 21.3 Å². The van der Waals surface area contributed by atoms with Crippen molar-refractivity contribution in [3.63, 3.8) is 0 Å². The maximum Gasteiger partial charge on any atom is 0.203 e. The number of nitrogens with two attached hydrogens (primary N) is 1. The summed E-state index contributed by atoms with van der Waals surface area (Å²) in [5, 5.41) is 0. The minimum absolute atomic E-state index is 0.0604. The maximum atomic E-state index is 6.01. The van der Waals surface area contributed by atoms with E-state index in [1.807, 2.05) is 19.1 Å². The minimum atomic E-state index is -0.0604. The summed E-state index contributed by atoms with van der Waals surface area (Å²) in [7, 11) is 4.78. The van der Waals surface area contributed by atoms with Crippen LogP contribution >= 0.6 is 0 Å². The van der Waals surface area contributed by atoms with Crippen molar-refractivity contribution in [3.05, 3.63) is 17.7 Å². The number of hydrogen-bond donors (Lipinski definition) is 1. The van der Waals surface area contributed by atoms with Crippen LogP contribution in [0, 0.1) is 0 Å². The van der Waals surface area contributed by atoms with Gasteiger partial charge >= 0.3 is 0 Å². The fraction of sp³-hybridized carbons (Fsp3) is 0.500. The molecule has 0 saturated heterocycles. The molecule has 0 unspecified atom stereocenters. The van der Waals surface area contributed by atoms with Crippen LogP contribution in [0.4, 0.5) is 0 Å². The molecule has 0 aliphatic carbocycles. The normalized spacial score (nSPS) is 12.1. The van der Waals surface area contributed by atoms with Gasteiger partial charge in [-0.25, -0.2) is 0 Å². The third-order valence-electron chi connectivity index (χ3n) is 2.57. The molecule has 4 nitrogen and oxygen atoms in total. The average Bonchev–Trinajstić information content (AvgIpc) is 2.35. The zero-order valence-corrected chi connectivity index (χ0v) is 10.2. The van der Waals surface area contributed by atoms with Crippen LogP contribution in [-0.2, 0) is 0 Å². The lowest BCUT2D eigenvalue weighted by atomic mass is 10.0. The molecule has 0 bridgehead atoms. The highest BCUT2D eigenvalue weighted by atomic mass is 16.5. The monoisotopic (exact) mass is 225 g/mol. The number of ether oxygens (including phenoxy) is 3. The smallest absolute Gasteiger partial charge is 0.203 e. The van der Waals surface area contributed by atoms with Crippen LogP contribution in [0.25, 0.3) is 0 Å². The van der Waals surface area contributed by atoms with Crippen LogP contribution in [-0.4, -0.2) is 21.3 Å². The highest BCUT2D eigenvalue weighted by Crippen LogP contribution is 2.41. The second-order valence-electron chi connectivity index (χ2n) is 3.44. The Kier molecular flexibility index (Phi) is 4.43. The molecule has 0 radical (unpaired) electrons. The van der Waals surface area contributed by atoms with E-state index >= 15 is 0 Å². The van der Waals surface area contributed by atoms with Gasteiger partial charge < -0.3 is 19.9 Å². The average molecular weight is 225 g/mol. The van der Waals surface area contributed by atoms with Crippen LogP contribution in [0.5, 0.6) is 17.2 Å². The fourth-order valence-electron chi connectivity index (χ4n) is 1.64. The molecular formula is C12H19NO3. The van der Waals surface area contributed by atoms with Crippen molar-refractivity contribution in [2.24, 2.45) is 5.73 Å². The Morgan fingerprint density at radius 1 is 1.06 bits per heavy atom. The molecule has 0 aliphatic rings. The molecule has 0 saturated carbocycles. The molecule has 0 aromatic heterocycles. The largest absolute Gasteiger partial charge is 0.493 e. The van der Waals surface area contributed by atoms with Crippen LogP contribution in [0.15, 0.2) is 12.1 Å². The van der Waals surface area contributed by atoms with Gasteiger partial charge in [0.1, 0.15) is 0 Å². The van der Waals surface area contributed by atoms with Gasteiger partial charge in [0.15, 0.2) is 11.5 Å². The van der Waals surface area contributed by atoms with Gasteiger partial charge in [-0.1, -0.05) is 6.92 Å². The van der Waals surface area contributed by atoms with E-state index in [0.717, 1.165) is 12.0 Å². The first kappa shape index (κ1) is 12.6. The molecule has 2 N–H and O–H groups in total. The first-order chi connectivity index (χ1) is 7.69. The lowest BCUT2D eigenvalue weighted by Crippen LogP contribution is -2.11. The molecule has 0 heterocycles. The number of rotatable bonds is 5. The predicted molar refractivity (Wildman–Crippen MR) is 63.3 cm³/mol. The van der Waals surface area contributed by atoms with Crippen molar-refractivity contribution in [2.75, 3.05) is 21.3 Å². The van der Waals surface area contributed by atoms with Gasteiger partial charge in [-0.3, -0.25) is 0 Å². The Hall–Kier alpha value is -1.42. The van der Waals surface area contributed by atoms with Crippen LogP contribution in [0.1, 0.15) is 24.9 Å². The summed E-state index contributed by atoms with van der Waals surface area (Å²) >= 11 is 0. The maximum absolute atomic E-state index is 6.01. The van der Waals surface area contributed by atoms with Crippen LogP contribution < -0.4 is 19.9 Å². The minimum Gasteiger partial charge on any atom is -0.493 e. The quantitative estimate of drug-likeness (QED) is 0.834. The van der Waals surface area contributed by atoms with E-state index in [2.05, 4.69) is 0 Å². The first-order valence-corrected chi connectivity index (χ1v) is 5.24. The molecule has 1 rings (SSSR count). The van der Waals surface area contributed by atoms with Crippen LogP contribution in [0.2, 0.25) is 0 Å². The molecule has 0 aliphatic heterocycles. The van der Waals surface area contributed by atoms with Gasteiger partial charge in [-0.15, -0.1) is 0 Å². The Balaban J connectivity index is 3.31. The summed E-state index contributed by atoms with van der Waals surface area (Å²) in [5.41, 5.74) is 6.94. The summed E-state index contributed by atoms with van der Waals surface area (Å²) in [5.74, 6) is 1.88. The molecule has 1 aromatic rings. The van der Waals surface area contributed by atoms with Gasteiger partial charge in [-0.2, -0.15) is 0 Å². The number of hydrogen-bond acceptors (Lipinski definition) is 4. The Morgan fingerprint density at radius 3 is 2.12 bits per heavy atom. The molecule has 1 aromatic carbocycles. The Labute approximate surface area is 96.3 Å². The summed E-state index contributed by atoms with van der Waals surface area (Å²) in [6.07, 6.45) is 0.839. The van der Waals surface area contributed by atoms with Crippen molar-refractivity contribution in [1.82, 2.24) is 0 Å². The highest BCUT2D eigenvalue weighted by molar-refractivity contribution is 5.56. The molecule has 1 atom stereocenters. The van der Waals surface area contributed by atoms with E-state index in [-0.39, 0.29) is 6.04 Å². The summed E-state index contributed by atoms with van der Waals surface area (Å²) in [6, 6.07) is 3.69. The van der Waals surface area contributed by atoms with Crippen molar-refractivity contribution in [2.45, 2.75) is 19.4 Å². The van der Waals surface area contributed by atoms with E-state index in [1.54, 1.807) is 21.3 Å². The molecule has 0 spiro atoms. The Morgan fingerprint density at radius 2 is 1.69 bits per heavy atom. The topological polar surface area (TPSA) is 53.7 Å². The third-order valence-corrected chi connectivity index (χ3v) is 2.57. The Bertz CT molecular complexity index is 352. The van der Waals surface area contributed by atoms with Crippen molar-refractivity contribution < 1.29 is 14.2 Å². The van der Waals surface area contributed by atoms with Gasteiger partial charge in [0, 0.05) is 11.6 Å². The lowest BCUT2D eigenvalue weighted by molar-refractivity contribution is 0.320. The molecule has 90 valence electrons. The second kappa shape index (κ2) is 5.61. The summed E-state index contributed by atoms with van der Waals surface area (Å²) < 4.78 is 15.8. The molecule has 0 amide bonds. The van der Waals surface area contributed by atoms with E-state index in [9.17, 15) is 0 Å². The zero-order chi connectivity index (χ0) is 12.1. The fourth-order valence-corrected chi connectivity index (χ4v) is 1.64. The number of methoxy groups -OCH3 is 3. The third kappa shape index (κ3) is 2.22. The zero-order valence-electron chi connectivity index (χ0n) is 10.2. The van der Waals surface area contributed by atoms with E-state index in [1.165, 1.54) is 0 Å². The molecule has 0 fully saturated rings. The standard InChI is InChI=1S/C12H19NO3/c1-5-9(13)8-6-7-10(14-2)12(16-4)11(8)15-3/h6-7,9H,5,13H2,1-4H3/t9-/m1/s1. The highest BCUT2D eigenvalue weighted by Gasteiger charge is 2.18. The SMILES string of the molecule is CC[C@@H](N)c1ccc(OC)c(OC)c1OC. The van der Waals surface area contributed by atoms with Gasteiger partial charge in [0.25, 0.3) is 0 Å². The van der Waals surface area contributed by atoms with Crippen molar-refractivity contribution in [1.29, 1.82) is 0 Å². The summed E-state index contributed by atoms with van der Waals surface area (Å²) in [4.78, 5) is 0. The molecule has 16 heavy (non-hydrogen) atoms.